The van der Waals surface area contributed by atoms with Gasteiger partial charge in [-0.25, -0.2) is 0 Å². The van der Waals surface area contributed by atoms with Crippen LogP contribution in [0.25, 0.3) is 0 Å². The first-order chi connectivity index (χ1) is 9.81. The molecule has 4 nitrogen and oxygen atoms in total. The van der Waals surface area contributed by atoms with E-state index in [0.29, 0.717) is 0 Å². The highest BCUT2D eigenvalue weighted by atomic mass is 127. The van der Waals surface area contributed by atoms with Gasteiger partial charge in [0.2, 0.25) is 0 Å². The van der Waals surface area contributed by atoms with Crippen LogP contribution in [0.15, 0.2) is 4.99 Å². The Bertz CT molecular complexity index is 308. The van der Waals surface area contributed by atoms with Gasteiger partial charge < -0.3 is 15.5 Å². The molecule has 0 bridgehead atoms. The largest absolute Gasteiger partial charge is 0.356 e. The monoisotopic (exact) mass is 426 g/mol. The Kier molecular flexibility index (Phi) is 10.1. The van der Waals surface area contributed by atoms with E-state index in [2.05, 4.69) is 39.2 Å². The standard InChI is InChI=1S/C15H30N4S.HI/c1-3-7-19-8-6-13(12-19)10-17-15(16-2)18-11-14-5-4-9-20-14;/h13-14H,3-12H2,1-2H3,(H2,16,17,18);1H. The first-order valence-electron chi connectivity index (χ1n) is 8.10. The zero-order valence-electron chi connectivity index (χ0n) is 13.4. The zero-order chi connectivity index (χ0) is 14.2. The number of guanidine groups is 1. The average Bonchev–Trinajstić information content (AvgIpc) is 3.11. The van der Waals surface area contributed by atoms with Crippen molar-refractivity contribution in [2.24, 2.45) is 10.9 Å². The van der Waals surface area contributed by atoms with E-state index in [4.69, 9.17) is 0 Å². The lowest BCUT2D eigenvalue weighted by Crippen LogP contribution is -2.42. The van der Waals surface area contributed by atoms with Gasteiger partial charge in [-0.15, -0.1) is 24.0 Å². The Hall–Kier alpha value is 0.310. The van der Waals surface area contributed by atoms with E-state index in [1.165, 1.54) is 51.1 Å². The zero-order valence-corrected chi connectivity index (χ0v) is 16.6. The van der Waals surface area contributed by atoms with E-state index in [0.717, 1.165) is 30.2 Å². The molecule has 2 fully saturated rings. The van der Waals surface area contributed by atoms with E-state index in [1.807, 2.05) is 7.05 Å². The normalized spacial score (nSPS) is 26.7. The van der Waals surface area contributed by atoms with E-state index in [1.54, 1.807) is 0 Å². The summed E-state index contributed by atoms with van der Waals surface area (Å²) >= 11 is 2.09. The van der Waals surface area contributed by atoms with Gasteiger partial charge >= 0.3 is 0 Å². The SMILES string of the molecule is CCCN1CCC(CNC(=NC)NCC2CCCS2)C1.I. The van der Waals surface area contributed by atoms with Gasteiger partial charge in [0.05, 0.1) is 0 Å². The third-order valence-electron chi connectivity index (χ3n) is 4.21. The number of hydrogen-bond donors (Lipinski definition) is 2. The molecule has 0 aromatic carbocycles. The second kappa shape index (κ2) is 10.9. The van der Waals surface area contributed by atoms with Crippen LogP contribution in [-0.4, -0.2) is 61.6 Å². The van der Waals surface area contributed by atoms with Crippen LogP contribution in [0.3, 0.4) is 0 Å². The van der Waals surface area contributed by atoms with Crippen molar-refractivity contribution in [3.8, 4) is 0 Å². The molecule has 6 heteroatoms. The van der Waals surface area contributed by atoms with Crippen LogP contribution < -0.4 is 10.6 Å². The van der Waals surface area contributed by atoms with Gasteiger partial charge in [-0.2, -0.15) is 11.8 Å². The molecule has 2 unspecified atom stereocenters. The number of aliphatic imine (C=N–C) groups is 1. The number of hydrogen-bond acceptors (Lipinski definition) is 3. The molecule has 2 rings (SSSR count). The maximum atomic E-state index is 4.34. The summed E-state index contributed by atoms with van der Waals surface area (Å²) in [6.45, 7) is 8.14. The molecule has 124 valence electrons. The van der Waals surface area contributed by atoms with Crippen molar-refractivity contribution in [1.82, 2.24) is 15.5 Å². The fourth-order valence-corrected chi connectivity index (χ4v) is 4.28. The fourth-order valence-electron chi connectivity index (χ4n) is 3.08. The van der Waals surface area contributed by atoms with Crippen molar-refractivity contribution in [2.75, 3.05) is 45.5 Å². The first kappa shape index (κ1) is 19.4. The minimum Gasteiger partial charge on any atom is -0.356 e. The molecule has 2 aliphatic heterocycles. The van der Waals surface area contributed by atoms with Gasteiger partial charge in [0.25, 0.3) is 0 Å². The van der Waals surface area contributed by atoms with Crippen LogP contribution in [0.5, 0.6) is 0 Å². The van der Waals surface area contributed by atoms with Crippen LogP contribution in [0.1, 0.15) is 32.6 Å². The van der Waals surface area contributed by atoms with Crippen molar-refractivity contribution in [3.05, 3.63) is 0 Å². The number of likely N-dealkylation sites (tertiary alicyclic amines) is 1. The summed E-state index contributed by atoms with van der Waals surface area (Å²) in [6.07, 6.45) is 5.31. The van der Waals surface area contributed by atoms with Crippen LogP contribution in [0, 0.1) is 5.92 Å². The summed E-state index contributed by atoms with van der Waals surface area (Å²) in [7, 11) is 1.87. The quantitative estimate of drug-likeness (QED) is 0.389. The molecule has 0 aromatic heterocycles. The predicted octanol–water partition coefficient (Wildman–Crippen LogP) is 2.40. The fraction of sp³-hybridized carbons (Fsp3) is 0.933. The minimum absolute atomic E-state index is 0. The molecule has 2 N–H and O–H groups in total. The highest BCUT2D eigenvalue weighted by molar-refractivity contribution is 14.0. The topological polar surface area (TPSA) is 39.7 Å². The Morgan fingerprint density at radius 3 is 2.76 bits per heavy atom. The molecule has 2 heterocycles. The molecule has 2 saturated heterocycles. The molecule has 2 atom stereocenters. The maximum Gasteiger partial charge on any atom is 0.191 e. The number of thioether (sulfide) groups is 1. The number of nitrogens with one attached hydrogen (secondary N) is 2. The van der Waals surface area contributed by atoms with E-state index in [-0.39, 0.29) is 24.0 Å². The molecule has 0 aliphatic carbocycles. The minimum atomic E-state index is 0. The van der Waals surface area contributed by atoms with E-state index < -0.39 is 0 Å². The molecule has 0 aromatic rings. The lowest BCUT2D eigenvalue weighted by molar-refractivity contribution is 0.324. The van der Waals surface area contributed by atoms with Crippen LogP contribution >= 0.6 is 35.7 Å². The predicted molar refractivity (Wildman–Crippen MR) is 105 cm³/mol. The summed E-state index contributed by atoms with van der Waals surface area (Å²) in [4.78, 5) is 6.92. The molecular formula is C15H31IN4S. The van der Waals surface area contributed by atoms with Crippen LogP contribution in [0.2, 0.25) is 0 Å². The Morgan fingerprint density at radius 1 is 1.29 bits per heavy atom. The molecule has 0 saturated carbocycles. The maximum absolute atomic E-state index is 4.34. The third kappa shape index (κ3) is 6.95. The molecule has 21 heavy (non-hydrogen) atoms. The molecule has 0 amide bonds. The lowest BCUT2D eigenvalue weighted by Gasteiger charge is -2.18. The highest BCUT2D eigenvalue weighted by Gasteiger charge is 2.22. The van der Waals surface area contributed by atoms with E-state index >= 15 is 0 Å². The number of halogens is 1. The summed E-state index contributed by atoms with van der Waals surface area (Å²) in [6, 6.07) is 0. The molecule has 0 spiro atoms. The molecule has 0 radical (unpaired) electrons. The Morgan fingerprint density at radius 2 is 2.10 bits per heavy atom. The number of nitrogens with zero attached hydrogens (tertiary/aromatic N) is 2. The summed E-state index contributed by atoms with van der Waals surface area (Å²) in [5.41, 5.74) is 0. The van der Waals surface area contributed by atoms with Gasteiger partial charge in [-0.05, 0) is 50.4 Å². The van der Waals surface area contributed by atoms with Crippen molar-refractivity contribution < 1.29 is 0 Å². The molecule has 2 aliphatic rings. The van der Waals surface area contributed by atoms with Gasteiger partial charge in [0.1, 0.15) is 0 Å². The van der Waals surface area contributed by atoms with Crippen molar-refractivity contribution in [1.29, 1.82) is 0 Å². The summed E-state index contributed by atoms with van der Waals surface area (Å²) < 4.78 is 0. The highest BCUT2D eigenvalue weighted by Crippen LogP contribution is 2.25. The van der Waals surface area contributed by atoms with Crippen molar-refractivity contribution >= 4 is 41.7 Å². The summed E-state index contributed by atoms with van der Waals surface area (Å²) in [5.74, 6) is 3.08. The second-order valence-corrected chi connectivity index (χ2v) is 7.33. The third-order valence-corrected chi connectivity index (χ3v) is 5.61. The lowest BCUT2D eigenvalue weighted by atomic mass is 10.1. The van der Waals surface area contributed by atoms with Gasteiger partial charge in [0.15, 0.2) is 5.96 Å². The molecular weight excluding hydrogens is 395 g/mol. The smallest absolute Gasteiger partial charge is 0.191 e. The van der Waals surface area contributed by atoms with Crippen molar-refractivity contribution in [2.45, 2.75) is 37.9 Å². The average molecular weight is 426 g/mol. The Labute approximate surface area is 151 Å². The van der Waals surface area contributed by atoms with Crippen LogP contribution in [-0.2, 0) is 0 Å². The van der Waals surface area contributed by atoms with Gasteiger partial charge in [-0.1, -0.05) is 6.92 Å². The van der Waals surface area contributed by atoms with E-state index in [9.17, 15) is 0 Å². The van der Waals surface area contributed by atoms with Gasteiger partial charge in [-0.3, -0.25) is 4.99 Å². The van der Waals surface area contributed by atoms with Crippen molar-refractivity contribution in [3.63, 3.8) is 0 Å². The van der Waals surface area contributed by atoms with Gasteiger partial charge in [0, 0.05) is 31.9 Å². The number of rotatable bonds is 6. The van der Waals surface area contributed by atoms with Crippen LogP contribution in [0.4, 0.5) is 0 Å². The second-order valence-electron chi connectivity index (χ2n) is 5.92. The summed E-state index contributed by atoms with van der Waals surface area (Å²) in [5, 5.41) is 7.75. The Balaban J connectivity index is 0.00000220. The first-order valence-corrected chi connectivity index (χ1v) is 9.15.